The van der Waals surface area contributed by atoms with Gasteiger partial charge in [0.2, 0.25) is 0 Å². The van der Waals surface area contributed by atoms with Crippen LogP contribution in [0.4, 0.5) is 4.39 Å². The molecule has 0 aliphatic heterocycles. The minimum Gasteiger partial charge on any atom is -0.383 e. The van der Waals surface area contributed by atoms with E-state index in [9.17, 15) is 9.50 Å². The van der Waals surface area contributed by atoms with Crippen LogP contribution in [0.25, 0.3) is 11.9 Å². The van der Waals surface area contributed by atoms with Crippen molar-refractivity contribution in [2.45, 2.75) is 71.9 Å². The van der Waals surface area contributed by atoms with E-state index < -0.39 is 5.60 Å². The number of allylic oxidation sites excluding steroid dienone is 2. The van der Waals surface area contributed by atoms with Gasteiger partial charge < -0.3 is 9.67 Å². The monoisotopic (exact) mass is 332 g/mol. The van der Waals surface area contributed by atoms with Crippen molar-refractivity contribution in [2.24, 2.45) is 11.8 Å². The number of fused-ring (bicyclic) bond motifs is 1. The maximum atomic E-state index is 14.9. The number of imidazole rings is 1. The highest BCUT2D eigenvalue weighted by Gasteiger charge is 2.33. The third-order valence-corrected chi connectivity index (χ3v) is 5.45. The van der Waals surface area contributed by atoms with Crippen molar-refractivity contribution in [3.63, 3.8) is 0 Å². The van der Waals surface area contributed by atoms with Crippen LogP contribution >= 0.6 is 0 Å². The molecule has 0 spiro atoms. The van der Waals surface area contributed by atoms with E-state index in [2.05, 4.69) is 36.4 Å². The van der Waals surface area contributed by atoms with Gasteiger partial charge in [0, 0.05) is 6.04 Å². The van der Waals surface area contributed by atoms with Gasteiger partial charge in [0.1, 0.15) is 16.8 Å². The van der Waals surface area contributed by atoms with Gasteiger partial charge in [-0.25, -0.2) is 9.37 Å². The highest BCUT2D eigenvalue weighted by Crippen LogP contribution is 2.36. The zero-order valence-corrected chi connectivity index (χ0v) is 15.4. The molecule has 3 rings (SSSR count). The van der Waals surface area contributed by atoms with E-state index in [1.54, 1.807) is 19.9 Å². The number of nitrogens with zero attached hydrogens (tertiary/aromatic N) is 2. The summed E-state index contributed by atoms with van der Waals surface area (Å²) in [6.07, 6.45) is 7.87. The quantitative estimate of drug-likeness (QED) is 0.922. The molecule has 0 saturated heterocycles. The Morgan fingerprint density at radius 3 is 2.58 bits per heavy atom. The lowest BCUT2D eigenvalue weighted by Crippen LogP contribution is -2.35. The van der Waals surface area contributed by atoms with Crippen LogP contribution in [-0.4, -0.2) is 14.7 Å². The fraction of sp³-hybridized carbons (Fsp3) is 0.650. The topological polar surface area (TPSA) is 38.1 Å². The molecule has 0 bridgehead atoms. The summed E-state index contributed by atoms with van der Waals surface area (Å²) in [6, 6.07) is 0.285. The summed E-state index contributed by atoms with van der Waals surface area (Å²) in [4.78, 5) is 4.56. The molecule has 1 heterocycles. The number of aliphatic hydroxyl groups is 1. The summed E-state index contributed by atoms with van der Waals surface area (Å²) in [5.41, 5.74) is -0.00550. The molecule has 2 unspecified atom stereocenters. The zero-order valence-electron chi connectivity index (χ0n) is 15.4. The number of halogens is 1. The minimum absolute atomic E-state index is 0.280. The lowest BCUT2D eigenvalue weighted by Gasteiger charge is -2.25. The minimum atomic E-state index is -1.09. The van der Waals surface area contributed by atoms with Crippen molar-refractivity contribution < 1.29 is 9.50 Å². The molecular weight excluding hydrogens is 303 g/mol. The lowest BCUT2D eigenvalue weighted by atomic mass is 10.00. The highest BCUT2D eigenvalue weighted by molar-refractivity contribution is 5.53. The molecule has 0 radical (unpaired) electrons. The molecule has 4 heteroatoms. The summed E-state index contributed by atoms with van der Waals surface area (Å²) in [5, 5.41) is 11.9. The molecule has 0 amide bonds. The van der Waals surface area contributed by atoms with Crippen molar-refractivity contribution >= 4 is 11.9 Å². The van der Waals surface area contributed by atoms with E-state index in [1.807, 2.05) is 0 Å². The van der Waals surface area contributed by atoms with Crippen LogP contribution in [-0.2, 0) is 5.60 Å². The highest BCUT2D eigenvalue weighted by atomic mass is 19.1. The second-order valence-electron chi connectivity index (χ2n) is 8.20. The van der Waals surface area contributed by atoms with Gasteiger partial charge >= 0.3 is 0 Å². The summed E-state index contributed by atoms with van der Waals surface area (Å²) in [7, 11) is 0. The molecule has 1 aromatic heterocycles. The van der Waals surface area contributed by atoms with Crippen molar-refractivity contribution in [1.82, 2.24) is 9.55 Å². The van der Waals surface area contributed by atoms with Crippen LogP contribution in [0.1, 0.15) is 72.2 Å². The van der Waals surface area contributed by atoms with Crippen LogP contribution in [0.15, 0.2) is 11.6 Å². The molecule has 24 heavy (non-hydrogen) atoms. The molecule has 1 saturated carbocycles. The first kappa shape index (κ1) is 17.4. The molecule has 3 nitrogen and oxygen atoms in total. The van der Waals surface area contributed by atoms with E-state index >= 15 is 0 Å². The van der Waals surface area contributed by atoms with Crippen LogP contribution in [0.3, 0.4) is 0 Å². The van der Waals surface area contributed by atoms with Gasteiger partial charge in [-0.15, -0.1) is 0 Å². The lowest BCUT2D eigenvalue weighted by molar-refractivity contribution is 0.0615. The number of rotatable bonds is 3. The summed E-state index contributed by atoms with van der Waals surface area (Å²) >= 11 is 0. The summed E-state index contributed by atoms with van der Waals surface area (Å²) in [6.45, 7) is 9.89. The Balaban J connectivity index is 2.28. The summed E-state index contributed by atoms with van der Waals surface area (Å²) in [5.74, 6) is 1.13. The Bertz CT molecular complexity index is 780. The van der Waals surface area contributed by atoms with Crippen LogP contribution in [0.2, 0.25) is 0 Å². The van der Waals surface area contributed by atoms with Crippen molar-refractivity contribution in [3.8, 4) is 0 Å². The average molecular weight is 332 g/mol. The fourth-order valence-electron chi connectivity index (χ4n) is 4.00. The molecule has 132 valence electrons. The Kier molecular flexibility index (Phi) is 4.45. The van der Waals surface area contributed by atoms with E-state index in [0.29, 0.717) is 23.0 Å². The van der Waals surface area contributed by atoms with E-state index in [4.69, 9.17) is 0 Å². The Morgan fingerprint density at radius 1 is 1.33 bits per heavy atom. The maximum Gasteiger partial charge on any atom is 0.150 e. The predicted octanol–water partition coefficient (Wildman–Crippen LogP) is 3.32. The zero-order chi connectivity index (χ0) is 17.6. The third-order valence-electron chi connectivity index (χ3n) is 5.45. The molecule has 2 aliphatic rings. The van der Waals surface area contributed by atoms with Gasteiger partial charge in [-0.2, -0.15) is 0 Å². The first-order valence-electron chi connectivity index (χ1n) is 9.11. The average Bonchev–Trinajstić information content (AvgIpc) is 3.01. The first-order valence-corrected chi connectivity index (χ1v) is 9.11. The fourth-order valence-corrected chi connectivity index (χ4v) is 4.00. The Morgan fingerprint density at radius 2 is 2.04 bits per heavy atom. The van der Waals surface area contributed by atoms with E-state index in [0.717, 1.165) is 23.8 Å². The SMILES string of the molecule is CC(C)C1=CC(F)=c2nc(C(C)(C)O)n(C3CCCC3C)c2=CC1. The number of hydrogen-bond acceptors (Lipinski definition) is 2. The summed E-state index contributed by atoms with van der Waals surface area (Å²) < 4.78 is 17.0. The third kappa shape index (κ3) is 2.97. The van der Waals surface area contributed by atoms with Crippen molar-refractivity contribution in [3.05, 3.63) is 28.2 Å². The van der Waals surface area contributed by atoms with Crippen molar-refractivity contribution in [2.75, 3.05) is 0 Å². The smallest absolute Gasteiger partial charge is 0.150 e. The molecule has 0 aromatic carbocycles. The maximum absolute atomic E-state index is 14.9. The molecule has 2 atom stereocenters. The Labute approximate surface area is 143 Å². The standard InChI is InChI=1S/C20H29FN2O/c1-12(2)14-9-10-17-18(15(21)11-14)22-19(20(4,5)24)23(17)16-8-6-7-13(16)3/h10-13,16,24H,6-9H2,1-5H3. The van der Waals surface area contributed by atoms with Crippen molar-refractivity contribution in [1.29, 1.82) is 0 Å². The second kappa shape index (κ2) is 6.14. The largest absolute Gasteiger partial charge is 0.383 e. The van der Waals surface area contributed by atoms with Crippen LogP contribution in [0.5, 0.6) is 0 Å². The normalized spacial score (nSPS) is 24.7. The first-order chi connectivity index (χ1) is 11.2. The molecule has 1 aromatic rings. The van der Waals surface area contributed by atoms with Gasteiger partial charge in [0.15, 0.2) is 5.83 Å². The predicted molar refractivity (Wildman–Crippen MR) is 95.3 cm³/mol. The molecular formula is C20H29FN2O. The molecule has 1 fully saturated rings. The van der Waals surface area contributed by atoms with Gasteiger partial charge in [-0.3, -0.25) is 0 Å². The van der Waals surface area contributed by atoms with Gasteiger partial charge in [0.05, 0.1) is 5.35 Å². The van der Waals surface area contributed by atoms with E-state index in [-0.39, 0.29) is 11.9 Å². The second-order valence-corrected chi connectivity index (χ2v) is 8.20. The molecule has 1 N–H and O–H groups in total. The Hall–Kier alpha value is -1.42. The van der Waals surface area contributed by atoms with Gasteiger partial charge in [0.25, 0.3) is 0 Å². The van der Waals surface area contributed by atoms with Crippen LogP contribution in [0, 0.1) is 11.8 Å². The van der Waals surface area contributed by atoms with Gasteiger partial charge in [-0.1, -0.05) is 38.8 Å². The van der Waals surface area contributed by atoms with Gasteiger partial charge in [-0.05, 0) is 51.0 Å². The number of aromatic nitrogens is 2. The number of hydrogen-bond donors (Lipinski definition) is 1. The van der Waals surface area contributed by atoms with E-state index in [1.165, 1.54) is 12.8 Å². The van der Waals surface area contributed by atoms with Crippen LogP contribution < -0.4 is 10.7 Å². The molecule has 2 aliphatic carbocycles.